The molecule has 1 aromatic heterocycles. The van der Waals surface area contributed by atoms with Gasteiger partial charge in [0.15, 0.2) is 0 Å². The number of hydrogen-bond donors (Lipinski definition) is 0. The number of nitrogens with zero attached hydrogens (tertiary/aromatic N) is 3. The molecule has 2 fully saturated rings. The molecule has 2 saturated heterocycles. The molecule has 1 aliphatic carbocycles. The van der Waals surface area contributed by atoms with Crippen LogP contribution in [0.4, 0.5) is 0 Å². The molecule has 5 nitrogen and oxygen atoms in total. The van der Waals surface area contributed by atoms with Crippen LogP contribution >= 0.6 is 11.3 Å². The molecule has 24 heavy (non-hydrogen) atoms. The highest BCUT2D eigenvalue weighted by Crippen LogP contribution is 2.31. The first-order chi connectivity index (χ1) is 11.7. The zero-order valence-electron chi connectivity index (χ0n) is 14.1. The van der Waals surface area contributed by atoms with E-state index in [1.807, 2.05) is 9.80 Å². The molecule has 130 valence electrons. The van der Waals surface area contributed by atoms with E-state index < -0.39 is 0 Å². The molecule has 3 heterocycles. The molecule has 0 atom stereocenters. The molecule has 0 spiro atoms. The first-order valence-electron chi connectivity index (χ1n) is 9.12. The van der Waals surface area contributed by atoms with Crippen molar-refractivity contribution in [2.45, 2.75) is 32.1 Å². The molecule has 2 aliphatic heterocycles. The Balaban J connectivity index is 1.29. The monoisotopic (exact) mass is 347 g/mol. The number of piperazine rings is 1. The molecule has 0 unspecified atom stereocenters. The maximum Gasteiger partial charge on any atom is 0.264 e. The third kappa shape index (κ3) is 3.22. The Bertz CT molecular complexity index is 607. The minimum Gasteiger partial charge on any atom is -0.342 e. The van der Waals surface area contributed by atoms with Crippen LogP contribution in [0.5, 0.6) is 0 Å². The Hall–Kier alpha value is -1.40. The fraction of sp³-hybridized carbons (Fsp3) is 0.667. The van der Waals surface area contributed by atoms with E-state index in [-0.39, 0.29) is 11.8 Å². The van der Waals surface area contributed by atoms with E-state index in [9.17, 15) is 9.59 Å². The highest BCUT2D eigenvalue weighted by Gasteiger charge is 2.27. The molecule has 0 saturated carbocycles. The number of likely N-dealkylation sites (tertiary alicyclic amines) is 1. The molecule has 1 aromatic rings. The summed E-state index contributed by atoms with van der Waals surface area (Å²) < 4.78 is 0. The van der Waals surface area contributed by atoms with E-state index in [0.717, 1.165) is 69.8 Å². The Morgan fingerprint density at radius 2 is 1.67 bits per heavy atom. The van der Waals surface area contributed by atoms with Crippen molar-refractivity contribution in [3.63, 3.8) is 0 Å². The van der Waals surface area contributed by atoms with Gasteiger partial charge in [-0.05, 0) is 43.7 Å². The number of hydrogen-bond acceptors (Lipinski definition) is 4. The largest absolute Gasteiger partial charge is 0.342 e. The predicted molar refractivity (Wildman–Crippen MR) is 94.5 cm³/mol. The Morgan fingerprint density at radius 1 is 0.917 bits per heavy atom. The van der Waals surface area contributed by atoms with Crippen LogP contribution in [-0.2, 0) is 17.6 Å². The fourth-order valence-electron chi connectivity index (χ4n) is 3.96. The van der Waals surface area contributed by atoms with Crippen LogP contribution in [0, 0.1) is 0 Å². The third-order valence-corrected chi connectivity index (χ3v) is 6.66. The smallest absolute Gasteiger partial charge is 0.264 e. The zero-order valence-corrected chi connectivity index (χ0v) is 14.9. The molecular weight excluding hydrogens is 322 g/mol. The summed E-state index contributed by atoms with van der Waals surface area (Å²) in [4.78, 5) is 33.4. The average Bonchev–Trinajstić information content (AvgIpc) is 3.31. The van der Waals surface area contributed by atoms with E-state index >= 15 is 0 Å². The molecule has 0 radical (unpaired) electrons. The predicted octanol–water partition coefficient (Wildman–Crippen LogP) is 1.62. The van der Waals surface area contributed by atoms with Crippen LogP contribution in [0.15, 0.2) is 6.07 Å². The van der Waals surface area contributed by atoms with Gasteiger partial charge in [0.05, 0.1) is 11.4 Å². The molecule has 6 heteroatoms. The lowest BCUT2D eigenvalue weighted by molar-refractivity contribution is -0.131. The van der Waals surface area contributed by atoms with Crippen LogP contribution < -0.4 is 0 Å². The summed E-state index contributed by atoms with van der Waals surface area (Å²) in [6, 6.07) is 2.11. The lowest BCUT2D eigenvalue weighted by Gasteiger charge is -2.34. The normalized spacial score (nSPS) is 21.3. The van der Waals surface area contributed by atoms with Gasteiger partial charge in [0.25, 0.3) is 5.91 Å². The summed E-state index contributed by atoms with van der Waals surface area (Å²) in [6.45, 7) is 5.41. The van der Waals surface area contributed by atoms with Crippen LogP contribution in [0.1, 0.15) is 39.4 Å². The van der Waals surface area contributed by atoms with E-state index in [1.165, 1.54) is 16.9 Å². The first kappa shape index (κ1) is 16.1. The zero-order chi connectivity index (χ0) is 16.5. The maximum atomic E-state index is 12.7. The summed E-state index contributed by atoms with van der Waals surface area (Å²) >= 11 is 1.69. The van der Waals surface area contributed by atoms with E-state index in [1.54, 1.807) is 11.3 Å². The van der Waals surface area contributed by atoms with Crippen LogP contribution in [0.2, 0.25) is 0 Å². The second kappa shape index (κ2) is 6.84. The number of rotatable bonds is 3. The number of fused-ring (bicyclic) bond motifs is 1. The highest BCUT2D eigenvalue weighted by atomic mass is 32.1. The number of carbonyl (C=O) groups excluding carboxylic acids is 2. The SMILES string of the molecule is O=C(CN1CCN(C(=O)c2cc3c(s2)CCC3)CC1)N1CCCC1. The number of carbonyl (C=O) groups is 2. The molecule has 0 aromatic carbocycles. The summed E-state index contributed by atoms with van der Waals surface area (Å²) in [5, 5.41) is 0. The fourth-order valence-corrected chi connectivity index (χ4v) is 5.18. The Kier molecular flexibility index (Phi) is 4.59. The molecule has 4 rings (SSSR count). The summed E-state index contributed by atoms with van der Waals surface area (Å²) in [7, 11) is 0. The summed E-state index contributed by atoms with van der Waals surface area (Å²) in [6.07, 6.45) is 5.78. The van der Waals surface area contributed by atoms with Crippen LogP contribution in [0.25, 0.3) is 0 Å². The third-order valence-electron chi connectivity index (χ3n) is 5.43. The Morgan fingerprint density at radius 3 is 2.38 bits per heavy atom. The van der Waals surface area contributed by atoms with Gasteiger partial charge in [-0.1, -0.05) is 0 Å². The molecule has 2 amide bonds. The molecule has 0 bridgehead atoms. The van der Waals surface area contributed by atoms with Crippen molar-refractivity contribution < 1.29 is 9.59 Å². The quantitative estimate of drug-likeness (QED) is 0.835. The van der Waals surface area contributed by atoms with Gasteiger partial charge >= 0.3 is 0 Å². The van der Waals surface area contributed by atoms with Crippen molar-refractivity contribution in [2.24, 2.45) is 0 Å². The van der Waals surface area contributed by atoms with Crippen LogP contribution in [0.3, 0.4) is 0 Å². The lowest BCUT2D eigenvalue weighted by atomic mass is 10.2. The van der Waals surface area contributed by atoms with Gasteiger partial charge in [-0.2, -0.15) is 0 Å². The molecule has 3 aliphatic rings. The van der Waals surface area contributed by atoms with E-state index in [4.69, 9.17) is 0 Å². The second-order valence-corrected chi connectivity index (χ2v) is 8.21. The summed E-state index contributed by atoms with van der Waals surface area (Å²) in [5.74, 6) is 0.432. The van der Waals surface area contributed by atoms with Gasteiger partial charge in [0, 0.05) is 44.1 Å². The van der Waals surface area contributed by atoms with E-state index in [2.05, 4.69) is 11.0 Å². The van der Waals surface area contributed by atoms with Crippen molar-refractivity contribution in [3.8, 4) is 0 Å². The minimum atomic E-state index is 0.180. The molecule has 0 N–H and O–H groups in total. The van der Waals surface area contributed by atoms with Crippen molar-refractivity contribution in [1.82, 2.24) is 14.7 Å². The first-order valence-corrected chi connectivity index (χ1v) is 9.93. The van der Waals surface area contributed by atoms with Gasteiger partial charge in [0.1, 0.15) is 0 Å². The van der Waals surface area contributed by atoms with Gasteiger partial charge in [-0.3, -0.25) is 14.5 Å². The number of thiophene rings is 1. The Labute approximate surface area is 147 Å². The van der Waals surface area contributed by atoms with Gasteiger partial charge in [-0.15, -0.1) is 11.3 Å². The van der Waals surface area contributed by atoms with Gasteiger partial charge in [-0.25, -0.2) is 0 Å². The summed E-state index contributed by atoms with van der Waals surface area (Å²) in [5.41, 5.74) is 1.39. The maximum absolute atomic E-state index is 12.7. The van der Waals surface area contributed by atoms with Crippen molar-refractivity contribution in [1.29, 1.82) is 0 Å². The topological polar surface area (TPSA) is 43.9 Å². The standard InChI is InChI=1S/C18H25N3O2S/c22-17(20-6-1-2-7-20)13-19-8-10-21(11-9-19)18(23)16-12-14-4-3-5-15(14)24-16/h12H,1-11,13H2. The number of aryl methyl sites for hydroxylation is 2. The van der Waals surface area contributed by atoms with Crippen molar-refractivity contribution in [3.05, 3.63) is 21.4 Å². The van der Waals surface area contributed by atoms with Crippen LogP contribution in [-0.4, -0.2) is 72.3 Å². The minimum absolute atomic E-state index is 0.180. The highest BCUT2D eigenvalue weighted by molar-refractivity contribution is 7.14. The van der Waals surface area contributed by atoms with Crippen molar-refractivity contribution >= 4 is 23.2 Å². The number of amides is 2. The molecular formula is C18H25N3O2S. The average molecular weight is 347 g/mol. The second-order valence-electron chi connectivity index (χ2n) is 7.07. The van der Waals surface area contributed by atoms with Gasteiger partial charge in [0.2, 0.25) is 5.91 Å². The lowest BCUT2D eigenvalue weighted by Crippen LogP contribution is -2.51. The van der Waals surface area contributed by atoms with E-state index in [0.29, 0.717) is 6.54 Å². The van der Waals surface area contributed by atoms with Gasteiger partial charge < -0.3 is 9.80 Å². The van der Waals surface area contributed by atoms with Crippen molar-refractivity contribution in [2.75, 3.05) is 45.8 Å².